The van der Waals surface area contributed by atoms with Crippen molar-refractivity contribution in [1.29, 1.82) is 0 Å². The van der Waals surface area contributed by atoms with Crippen LogP contribution in [-0.2, 0) is 26.0 Å². The summed E-state index contributed by atoms with van der Waals surface area (Å²) in [5.74, 6) is 1.01. The Morgan fingerprint density at radius 1 is 1.02 bits per heavy atom. The summed E-state index contributed by atoms with van der Waals surface area (Å²) in [6.45, 7) is 4.81. The van der Waals surface area contributed by atoms with Crippen LogP contribution in [0.2, 0.25) is 5.02 Å². The molecule has 216 valence electrons. The Morgan fingerprint density at radius 2 is 1.93 bits per heavy atom. The van der Waals surface area contributed by atoms with Crippen LogP contribution in [0.25, 0.3) is 20.7 Å². The summed E-state index contributed by atoms with van der Waals surface area (Å²) in [5.41, 5.74) is 5.38. The summed E-state index contributed by atoms with van der Waals surface area (Å²) in [7, 11) is 0. The number of benzene rings is 2. The molecule has 0 unspecified atom stereocenters. The summed E-state index contributed by atoms with van der Waals surface area (Å²) in [6, 6.07) is 11.9. The van der Waals surface area contributed by atoms with Crippen molar-refractivity contribution >= 4 is 44.7 Å². The highest BCUT2D eigenvalue weighted by atomic mass is 35.5. The van der Waals surface area contributed by atoms with Crippen molar-refractivity contribution in [2.24, 2.45) is 0 Å². The minimum Gasteiger partial charge on any atom is -0.487 e. The highest BCUT2D eigenvalue weighted by molar-refractivity contribution is 7.22. The van der Waals surface area contributed by atoms with Gasteiger partial charge in [0.25, 0.3) is 0 Å². The van der Waals surface area contributed by atoms with E-state index in [9.17, 15) is 4.39 Å². The average Bonchev–Trinajstić information content (AvgIpc) is 3.59. The number of anilines is 2. The van der Waals surface area contributed by atoms with Crippen LogP contribution in [0.3, 0.4) is 0 Å². The molecule has 42 heavy (non-hydrogen) atoms. The van der Waals surface area contributed by atoms with Gasteiger partial charge in [0.1, 0.15) is 35.1 Å². The summed E-state index contributed by atoms with van der Waals surface area (Å²) >= 11 is 8.28. The van der Waals surface area contributed by atoms with Gasteiger partial charge in [0.05, 0.1) is 16.6 Å². The molecule has 0 spiro atoms. The van der Waals surface area contributed by atoms with Crippen LogP contribution in [0.1, 0.15) is 42.5 Å². The zero-order valence-corrected chi connectivity index (χ0v) is 24.9. The third-order valence-corrected chi connectivity index (χ3v) is 9.63. The molecule has 1 saturated heterocycles. The largest absolute Gasteiger partial charge is 0.487 e. The Morgan fingerprint density at radius 3 is 2.79 bits per heavy atom. The molecule has 4 heterocycles. The van der Waals surface area contributed by atoms with Crippen LogP contribution in [0.15, 0.2) is 55.0 Å². The molecule has 1 fully saturated rings. The van der Waals surface area contributed by atoms with E-state index in [0.717, 1.165) is 59.6 Å². The normalized spacial score (nSPS) is 15.0. The molecule has 3 aromatic heterocycles. The van der Waals surface area contributed by atoms with Crippen LogP contribution in [0, 0.1) is 5.82 Å². The zero-order chi connectivity index (χ0) is 28.5. The Kier molecular flexibility index (Phi) is 7.80. The van der Waals surface area contributed by atoms with Crippen molar-refractivity contribution in [2.45, 2.75) is 51.7 Å². The molecule has 1 N–H and O–H groups in total. The maximum Gasteiger partial charge on any atom is 0.142 e. The average molecular weight is 603 g/mol. The molecule has 2 aliphatic rings. The highest BCUT2D eigenvalue weighted by Crippen LogP contribution is 2.45. The maximum atomic E-state index is 13.5. The van der Waals surface area contributed by atoms with E-state index in [1.54, 1.807) is 23.7 Å². The van der Waals surface area contributed by atoms with Crippen molar-refractivity contribution in [2.75, 3.05) is 25.0 Å². The van der Waals surface area contributed by atoms with Gasteiger partial charge in [-0.25, -0.2) is 14.4 Å². The summed E-state index contributed by atoms with van der Waals surface area (Å²) in [5, 5.41) is 9.79. The van der Waals surface area contributed by atoms with Crippen molar-refractivity contribution in [3.05, 3.63) is 82.6 Å². The number of piperidine rings is 1. The van der Waals surface area contributed by atoms with Crippen LogP contribution in [-0.4, -0.2) is 44.3 Å². The first kappa shape index (κ1) is 27.3. The Bertz CT molecular complexity index is 1730. The first-order chi connectivity index (χ1) is 20.6. The predicted octanol–water partition coefficient (Wildman–Crippen LogP) is 7.64. The number of aryl methyl sites for hydroxylation is 2. The Hall–Kier alpha value is -3.53. The van der Waals surface area contributed by atoms with Gasteiger partial charge < -0.3 is 15.0 Å². The third-order valence-electron chi connectivity index (χ3n) is 8.16. The topological polar surface area (TPSA) is 68.1 Å². The Labute approximate surface area is 253 Å². The molecular weight excluding hydrogens is 571 g/mol. The molecule has 0 amide bonds. The van der Waals surface area contributed by atoms with Gasteiger partial charge >= 0.3 is 0 Å². The van der Waals surface area contributed by atoms with E-state index in [1.165, 1.54) is 66.2 Å². The minimum atomic E-state index is -0.290. The van der Waals surface area contributed by atoms with Crippen LogP contribution in [0.5, 0.6) is 5.75 Å². The van der Waals surface area contributed by atoms with Gasteiger partial charge in [-0.05, 0) is 93.2 Å². The van der Waals surface area contributed by atoms with Gasteiger partial charge in [0.2, 0.25) is 0 Å². The first-order valence-corrected chi connectivity index (χ1v) is 15.8. The predicted molar refractivity (Wildman–Crippen MR) is 166 cm³/mol. The third kappa shape index (κ3) is 5.61. The van der Waals surface area contributed by atoms with Gasteiger partial charge in [-0.15, -0.1) is 11.3 Å². The molecule has 0 radical (unpaired) electrons. The number of likely N-dealkylation sites (tertiary alicyclic amines) is 1. The number of halogens is 2. The molecule has 0 atom stereocenters. The first-order valence-electron chi connectivity index (χ1n) is 14.6. The van der Waals surface area contributed by atoms with Gasteiger partial charge in [-0.1, -0.05) is 30.2 Å². The molecule has 2 aromatic carbocycles. The number of nitrogens with one attached hydrogen (secondary N) is 1. The van der Waals surface area contributed by atoms with E-state index in [4.69, 9.17) is 21.4 Å². The van der Waals surface area contributed by atoms with Gasteiger partial charge in [0, 0.05) is 28.4 Å². The quantitative estimate of drug-likeness (QED) is 0.187. The molecule has 5 aromatic rings. The molecule has 1 aliphatic carbocycles. The van der Waals surface area contributed by atoms with Crippen molar-refractivity contribution < 1.29 is 9.13 Å². The second-order valence-electron chi connectivity index (χ2n) is 11.0. The molecule has 1 aliphatic heterocycles. The van der Waals surface area contributed by atoms with Crippen molar-refractivity contribution in [3.8, 4) is 16.2 Å². The minimum absolute atomic E-state index is 0.231. The number of hydrogen-bond acceptors (Lipinski definition) is 7. The number of rotatable bonds is 9. The van der Waals surface area contributed by atoms with Crippen LogP contribution in [0.4, 0.5) is 15.9 Å². The van der Waals surface area contributed by atoms with E-state index in [1.807, 2.05) is 30.5 Å². The number of ether oxygens (including phenoxy) is 1. The zero-order valence-electron chi connectivity index (χ0n) is 23.3. The number of thiophene rings is 1. The lowest BCUT2D eigenvalue weighted by molar-refractivity contribution is 0.221. The lowest BCUT2D eigenvalue weighted by Crippen LogP contribution is -2.31. The molecule has 7 nitrogen and oxygen atoms in total. The van der Waals surface area contributed by atoms with Crippen LogP contribution < -0.4 is 10.1 Å². The second-order valence-corrected chi connectivity index (χ2v) is 12.4. The fourth-order valence-electron chi connectivity index (χ4n) is 6.09. The number of nitrogens with zero attached hydrogens (tertiary/aromatic N) is 5. The highest BCUT2D eigenvalue weighted by Gasteiger charge is 2.27. The summed E-state index contributed by atoms with van der Waals surface area (Å²) < 4.78 is 21.6. The molecule has 0 saturated carbocycles. The standard InChI is InChI=1S/C32H32ClFN6OS/c33-26-17-23(8-11-28(26)41-19-21-6-4-7-22(34)16-21)38-31-29-24-9-10-27-25(30(24)42-32(29)36-20-35-31)18-37-40(27)15-5-14-39-12-2-1-3-13-39/h4,6-8,11,16-18,20H,1-3,5,9-10,12-15,19H2,(H,35,36,38). The maximum absolute atomic E-state index is 13.5. The van der Waals surface area contributed by atoms with Crippen molar-refractivity contribution in [3.63, 3.8) is 0 Å². The van der Waals surface area contributed by atoms with E-state index < -0.39 is 0 Å². The smallest absolute Gasteiger partial charge is 0.142 e. The molecular formula is C32H32ClFN6OS. The summed E-state index contributed by atoms with van der Waals surface area (Å²) in [4.78, 5) is 14.0. The van der Waals surface area contributed by atoms with E-state index >= 15 is 0 Å². The Balaban J connectivity index is 1.08. The lowest BCUT2D eigenvalue weighted by atomic mass is 9.95. The van der Waals surface area contributed by atoms with Gasteiger partial charge in [-0.2, -0.15) is 5.10 Å². The van der Waals surface area contributed by atoms with Crippen molar-refractivity contribution in [1.82, 2.24) is 24.6 Å². The van der Waals surface area contributed by atoms with Crippen LogP contribution >= 0.6 is 22.9 Å². The van der Waals surface area contributed by atoms with Gasteiger partial charge in [-0.3, -0.25) is 4.68 Å². The molecule has 10 heteroatoms. The molecule has 7 rings (SSSR count). The summed E-state index contributed by atoms with van der Waals surface area (Å²) in [6.07, 6.45) is 10.7. The monoisotopic (exact) mass is 602 g/mol. The number of hydrogen-bond donors (Lipinski definition) is 1. The van der Waals surface area contributed by atoms with E-state index in [-0.39, 0.29) is 12.4 Å². The fraction of sp³-hybridized carbons (Fsp3) is 0.344. The number of fused-ring (bicyclic) bond motifs is 5. The second kappa shape index (κ2) is 12.0. The van der Waals surface area contributed by atoms with E-state index in [2.05, 4.69) is 24.9 Å². The SMILES string of the molecule is Fc1cccc(COc2ccc(Nc3ncnc4sc5c(c34)CCc3c-5cnn3CCCN3CCCCC3)cc2Cl)c1. The van der Waals surface area contributed by atoms with E-state index in [0.29, 0.717) is 10.8 Å². The van der Waals surface area contributed by atoms with Gasteiger partial charge in [0.15, 0.2) is 0 Å². The number of aromatic nitrogens is 4. The lowest BCUT2D eigenvalue weighted by Gasteiger charge is -2.26. The fourth-order valence-corrected chi connectivity index (χ4v) is 7.55. The molecule has 0 bridgehead atoms.